The lowest BCUT2D eigenvalue weighted by Gasteiger charge is -2.38. The number of amides is 1. The highest BCUT2D eigenvalue weighted by molar-refractivity contribution is 7.88. The third-order valence-corrected chi connectivity index (χ3v) is 4.84. The lowest BCUT2D eigenvalue weighted by Crippen LogP contribution is -2.49. The molecule has 108 valence electrons. The van der Waals surface area contributed by atoms with Gasteiger partial charge in [-0.25, -0.2) is 12.7 Å². The van der Waals surface area contributed by atoms with Gasteiger partial charge in [0.1, 0.15) is 0 Å². The molecule has 0 atom stereocenters. The quantitative estimate of drug-likeness (QED) is 0.844. The van der Waals surface area contributed by atoms with Crippen LogP contribution in [0.1, 0.15) is 40.0 Å². The van der Waals surface area contributed by atoms with Crippen molar-refractivity contribution in [2.24, 2.45) is 5.41 Å². The van der Waals surface area contributed by atoms with Gasteiger partial charge in [0.2, 0.25) is 15.9 Å². The first-order chi connectivity index (χ1) is 8.35. The SMILES string of the molecule is CC.CCC1(C(=O)NC)CCN(S(C)(=O)=O)CC1. The van der Waals surface area contributed by atoms with Crippen LogP contribution in [0.5, 0.6) is 0 Å². The molecule has 0 aromatic carbocycles. The smallest absolute Gasteiger partial charge is 0.226 e. The maximum atomic E-state index is 11.8. The highest BCUT2D eigenvalue weighted by Crippen LogP contribution is 2.35. The molecule has 0 saturated carbocycles. The molecule has 0 radical (unpaired) electrons. The van der Waals surface area contributed by atoms with Crippen molar-refractivity contribution in [2.75, 3.05) is 26.4 Å². The van der Waals surface area contributed by atoms with Gasteiger partial charge in [0.05, 0.1) is 11.7 Å². The van der Waals surface area contributed by atoms with Crippen LogP contribution >= 0.6 is 0 Å². The second kappa shape index (κ2) is 7.09. The van der Waals surface area contributed by atoms with Crippen molar-refractivity contribution in [3.8, 4) is 0 Å². The molecule has 0 bridgehead atoms. The average molecular weight is 278 g/mol. The van der Waals surface area contributed by atoms with Crippen LogP contribution in [0.25, 0.3) is 0 Å². The Labute approximate surface area is 111 Å². The second-order valence-corrected chi connectivity index (χ2v) is 6.36. The van der Waals surface area contributed by atoms with Crippen LogP contribution in [-0.4, -0.2) is 45.0 Å². The Morgan fingerprint density at radius 3 is 2.00 bits per heavy atom. The molecule has 1 aliphatic heterocycles. The van der Waals surface area contributed by atoms with E-state index in [1.54, 1.807) is 7.05 Å². The normalized spacial score (nSPS) is 19.6. The van der Waals surface area contributed by atoms with Crippen LogP contribution in [-0.2, 0) is 14.8 Å². The van der Waals surface area contributed by atoms with E-state index in [0.29, 0.717) is 25.9 Å². The van der Waals surface area contributed by atoms with E-state index in [1.165, 1.54) is 10.6 Å². The number of nitrogens with one attached hydrogen (secondary N) is 1. The lowest BCUT2D eigenvalue weighted by atomic mass is 9.76. The minimum atomic E-state index is -3.12. The number of piperidine rings is 1. The fourth-order valence-corrected chi connectivity index (χ4v) is 3.10. The molecule has 0 spiro atoms. The number of hydrogen-bond donors (Lipinski definition) is 1. The Morgan fingerprint density at radius 2 is 1.72 bits per heavy atom. The molecule has 1 aliphatic rings. The van der Waals surface area contributed by atoms with E-state index in [1.807, 2.05) is 20.8 Å². The van der Waals surface area contributed by atoms with Crippen LogP contribution in [0, 0.1) is 5.41 Å². The molecular weight excluding hydrogens is 252 g/mol. The fraction of sp³-hybridized carbons (Fsp3) is 0.917. The van der Waals surface area contributed by atoms with Crippen molar-refractivity contribution in [3.05, 3.63) is 0 Å². The zero-order chi connectivity index (χ0) is 14.4. The average Bonchev–Trinajstić information content (AvgIpc) is 2.39. The fourth-order valence-electron chi connectivity index (χ4n) is 2.25. The minimum absolute atomic E-state index is 0.0307. The van der Waals surface area contributed by atoms with Crippen molar-refractivity contribution in [1.29, 1.82) is 0 Å². The maximum absolute atomic E-state index is 11.8. The van der Waals surface area contributed by atoms with Gasteiger partial charge in [-0.1, -0.05) is 20.8 Å². The highest BCUT2D eigenvalue weighted by atomic mass is 32.2. The van der Waals surface area contributed by atoms with E-state index in [2.05, 4.69) is 5.32 Å². The number of sulfonamides is 1. The third kappa shape index (κ3) is 3.95. The molecule has 1 fully saturated rings. The summed E-state index contributed by atoms with van der Waals surface area (Å²) in [6.07, 6.45) is 3.18. The van der Waals surface area contributed by atoms with E-state index in [4.69, 9.17) is 0 Å². The van der Waals surface area contributed by atoms with E-state index < -0.39 is 10.0 Å². The van der Waals surface area contributed by atoms with Crippen LogP contribution in [0.15, 0.2) is 0 Å². The summed E-state index contributed by atoms with van der Waals surface area (Å²) in [5, 5.41) is 2.67. The summed E-state index contributed by atoms with van der Waals surface area (Å²) in [5.41, 5.74) is -0.379. The molecule has 0 aliphatic carbocycles. The van der Waals surface area contributed by atoms with Crippen LogP contribution in [0.3, 0.4) is 0 Å². The number of hydrogen-bond acceptors (Lipinski definition) is 3. The van der Waals surface area contributed by atoms with Crippen LogP contribution < -0.4 is 5.32 Å². The Morgan fingerprint density at radius 1 is 1.28 bits per heavy atom. The van der Waals surface area contributed by atoms with Crippen molar-refractivity contribution in [2.45, 2.75) is 40.0 Å². The number of carbonyl (C=O) groups is 1. The molecule has 1 N–H and O–H groups in total. The molecule has 0 aromatic rings. The first-order valence-electron chi connectivity index (χ1n) is 6.53. The summed E-state index contributed by atoms with van der Waals surface area (Å²) in [4.78, 5) is 11.8. The van der Waals surface area contributed by atoms with Gasteiger partial charge < -0.3 is 5.32 Å². The molecule has 0 unspecified atom stereocenters. The zero-order valence-corrected chi connectivity index (χ0v) is 12.9. The monoisotopic (exact) mass is 278 g/mol. The predicted octanol–water partition coefficient (Wildman–Crippen LogP) is 1.21. The molecule has 0 aromatic heterocycles. The molecular formula is C12H26N2O3S. The molecule has 18 heavy (non-hydrogen) atoms. The second-order valence-electron chi connectivity index (χ2n) is 4.38. The van der Waals surface area contributed by atoms with Crippen molar-refractivity contribution >= 4 is 15.9 Å². The summed E-state index contributed by atoms with van der Waals surface area (Å²) in [7, 11) is -1.49. The zero-order valence-electron chi connectivity index (χ0n) is 12.1. The maximum Gasteiger partial charge on any atom is 0.226 e. The van der Waals surface area contributed by atoms with Gasteiger partial charge in [-0.3, -0.25) is 4.79 Å². The Bertz CT molecular complexity index is 358. The van der Waals surface area contributed by atoms with Gasteiger partial charge in [-0.15, -0.1) is 0 Å². The van der Waals surface area contributed by atoms with Crippen LogP contribution in [0.4, 0.5) is 0 Å². The first-order valence-corrected chi connectivity index (χ1v) is 8.38. The Hall–Kier alpha value is -0.620. The molecule has 6 heteroatoms. The largest absolute Gasteiger partial charge is 0.359 e. The van der Waals surface area contributed by atoms with Gasteiger partial charge >= 0.3 is 0 Å². The number of nitrogens with zero attached hydrogens (tertiary/aromatic N) is 1. The number of rotatable bonds is 3. The standard InChI is InChI=1S/C10H20N2O3S.C2H6/c1-4-10(9(13)11-2)5-7-12(8-6-10)16(3,14)15;1-2/h4-8H2,1-3H3,(H,11,13);1-2H3. The van der Waals surface area contributed by atoms with Crippen molar-refractivity contribution < 1.29 is 13.2 Å². The van der Waals surface area contributed by atoms with Gasteiger partial charge in [0.15, 0.2) is 0 Å². The topological polar surface area (TPSA) is 66.5 Å². The molecule has 5 nitrogen and oxygen atoms in total. The molecule has 1 saturated heterocycles. The lowest BCUT2D eigenvalue weighted by molar-refractivity contribution is -0.133. The summed E-state index contributed by atoms with van der Waals surface area (Å²) < 4.78 is 24.1. The van der Waals surface area contributed by atoms with E-state index in [9.17, 15) is 13.2 Å². The third-order valence-electron chi connectivity index (χ3n) is 3.53. The summed E-state index contributed by atoms with van der Waals surface area (Å²) in [6, 6.07) is 0. The number of carbonyl (C=O) groups excluding carboxylic acids is 1. The van der Waals surface area contributed by atoms with Gasteiger partial charge in [0, 0.05) is 20.1 Å². The molecule has 1 heterocycles. The first kappa shape index (κ1) is 17.4. The molecule has 1 rings (SSSR count). The van der Waals surface area contributed by atoms with Crippen LogP contribution in [0.2, 0.25) is 0 Å². The van der Waals surface area contributed by atoms with E-state index in [-0.39, 0.29) is 11.3 Å². The van der Waals surface area contributed by atoms with Crippen molar-refractivity contribution in [1.82, 2.24) is 9.62 Å². The van der Waals surface area contributed by atoms with E-state index >= 15 is 0 Å². The summed E-state index contributed by atoms with van der Waals surface area (Å²) in [6.45, 7) is 6.87. The highest BCUT2D eigenvalue weighted by Gasteiger charge is 2.40. The molecule has 1 amide bonds. The Balaban J connectivity index is 0.00000137. The van der Waals surface area contributed by atoms with Gasteiger partial charge in [-0.2, -0.15) is 0 Å². The van der Waals surface area contributed by atoms with E-state index in [0.717, 1.165) is 6.42 Å². The minimum Gasteiger partial charge on any atom is -0.359 e. The summed E-state index contributed by atoms with van der Waals surface area (Å²) in [5.74, 6) is 0.0307. The predicted molar refractivity (Wildman–Crippen MR) is 73.8 cm³/mol. The Kier molecular flexibility index (Phi) is 6.84. The summed E-state index contributed by atoms with van der Waals surface area (Å²) >= 11 is 0. The van der Waals surface area contributed by atoms with Gasteiger partial charge in [0.25, 0.3) is 0 Å². The van der Waals surface area contributed by atoms with Crippen molar-refractivity contribution in [3.63, 3.8) is 0 Å². The van der Waals surface area contributed by atoms with Gasteiger partial charge in [-0.05, 0) is 19.3 Å².